The molecule has 3 heterocycles. The highest BCUT2D eigenvalue weighted by Gasteiger charge is 2.42. The number of nitrogens with one attached hydrogen (secondary N) is 1. The van der Waals surface area contributed by atoms with Crippen molar-refractivity contribution in [2.45, 2.75) is 25.9 Å². The van der Waals surface area contributed by atoms with Crippen molar-refractivity contribution >= 4 is 29.5 Å². The molecule has 3 amide bonds. The van der Waals surface area contributed by atoms with Crippen LogP contribution in [0.15, 0.2) is 24.3 Å². The van der Waals surface area contributed by atoms with E-state index in [2.05, 4.69) is 22.0 Å². The van der Waals surface area contributed by atoms with Crippen LogP contribution in [0, 0.1) is 0 Å². The fourth-order valence-corrected chi connectivity index (χ4v) is 5.66. The molecule has 0 aliphatic carbocycles. The van der Waals surface area contributed by atoms with Crippen molar-refractivity contribution in [2.24, 2.45) is 0 Å². The summed E-state index contributed by atoms with van der Waals surface area (Å²) in [6.07, 6.45) is 0.942. The second-order valence-corrected chi connectivity index (χ2v) is 9.66. The van der Waals surface area contributed by atoms with Gasteiger partial charge in [0.15, 0.2) is 0 Å². The predicted octanol–water partition coefficient (Wildman–Crippen LogP) is 0.688. The van der Waals surface area contributed by atoms with E-state index in [0.717, 1.165) is 51.3 Å². The van der Waals surface area contributed by atoms with Gasteiger partial charge < -0.3 is 24.9 Å². The Hall–Kier alpha value is -2.10. The normalized spacial score (nSPS) is 22.3. The van der Waals surface area contributed by atoms with Crippen LogP contribution in [0.3, 0.4) is 0 Å². The number of nitrogens with zero attached hydrogens (tertiary/aromatic N) is 4. The van der Waals surface area contributed by atoms with Gasteiger partial charge in [-0.3, -0.25) is 14.4 Å². The molecular formula is C23H33N5O3S. The lowest BCUT2D eigenvalue weighted by atomic mass is 10.1. The fourth-order valence-electron chi connectivity index (χ4n) is 4.49. The summed E-state index contributed by atoms with van der Waals surface area (Å²) in [6, 6.07) is 7.01. The monoisotopic (exact) mass is 459 g/mol. The zero-order valence-electron chi connectivity index (χ0n) is 18.8. The summed E-state index contributed by atoms with van der Waals surface area (Å²) in [5, 5.41) is 3.00. The SMILES string of the molecule is CCN1CCN(CCCNC(=O)c2ccc(CN3CC(=O)N4CSC[C@H]4C3=O)cc2)CC1. The number of fused-ring (bicyclic) bond motifs is 1. The Morgan fingerprint density at radius 1 is 1.09 bits per heavy atom. The van der Waals surface area contributed by atoms with E-state index < -0.39 is 0 Å². The molecule has 9 heteroatoms. The van der Waals surface area contributed by atoms with Gasteiger partial charge in [-0.2, -0.15) is 0 Å². The minimum Gasteiger partial charge on any atom is -0.352 e. The van der Waals surface area contributed by atoms with Gasteiger partial charge in [0, 0.05) is 50.6 Å². The average Bonchev–Trinajstić information content (AvgIpc) is 3.32. The number of carbonyl (C=O) groups is 3. The Balaban J connectivity index is 1.20. The first kappa shape index (κ1) is 23.1. The van der Waals surface area contributed by atoms with Crippen LogP contribution in [0.25, 0.3) is 0 Å². The molecule has 1 aromatic rings. The van der Waals surface area contributed by atoms with E-state index in [1.807, 2.05) is 12.1 Å². The summed E-state index contributed by atoms with van der Waals surface area (Å²) >= 11 is 1.63. The summed E-state index contributed by atoms with van der Waals surface area (Å²) in [5.74, 6) is 1.25. The van der Waals surface area contributed by atoms with Crippen molar-refractivity contribution in [2.75, 3.05) is 64.0 Å². The fraction of sp³-hybridized carbons (Fsp3) is 0.609. The lowest BCUT2D eigenvalue weighted by Gasteiger charge is -2.35. The van der Waals surface area contributed by atoms with Gasteiger partial charge in [-0.25, -0.2) is 0 Å². The van der Waals surface area contributed by atoms with Crippen LogP contribution < -0.4 is 5.32 Å². The molecular weight excluding hydrogens is 426 g/mol. The van der Waals surface area contributed by atoms with Gasteiger partial charge in [-0.1, -0.05) is 19.1 Å². The predicted molar refractivity (Wildman–Crippen MR) is 125 cm³/mol. The van der Waals surface area contributed by atoms with E-state index in [0.29, 0.717) is 30.3 Å². The number of benzene rings is 1. The van der Waals surface area contributed by atoms with Gasteiger partial charge in [0.05, 0.1) is 5.88 Å². The van der Waals surface area contributed by atoms with E-state index in [1.165, 1.54) is 0 Å². The molecule has 1 aromatic carbocycles. The van der Waals surface area contributed by atoms with Gasteiger partial charge in [0.1, 0.15) is 12.6 Å². The van der Waals surface area contributed by atoms with E-state index >= 15 is 0 Å². The van der Waals surface area contributed by atoms with Crippen LogP contribution in [-0.4, -0.2) is 107 Å². The third-order valence-electron chi connectivity index (χ3n) is 6.56. The molecule has 0 saturated carbocycles. The van der Waals surface area contributed by atoms with Gasteiger partial charge >= 0.3 is 0 Å². The first-order chi connectivity index (χ1) is 15.5. The Morgan fingerprint density at radius 2 is 1.81 bits per heavy atom. The summed E-state index contributed by atoms with van der Waals surface area (Å²) in [4.78, 5) is 45.6. The summed E-state index contributed by atoms with van der Waals surface area (Å²) in [6.45, 7) is 9.98. The lowest BCUT2D eigenvalue weighted by molar-refractivity contribution is -0.153. The molecule has 0 bridgehead atoms. The van der Waals surface area contributed by atoms with E-state index in [1.54, 1.807) is 33.7 Å². The number of thioether (sulfide) groups is 1. The standard InChI is InChI=1S/C23H33N5O3S/c1-2-25-10-12-26(13-11-25)9-3-8-24-22(30)19-6-4-18(5-7-19)14-27-15-21(29)28-17-32-16-20(28)23(27)31/h4-7,20H,2-3,8-17H2,1H3,(H,24,30)/t20-/m0/s1. The number of hydrogen-bond donors (Lipinski definition) is 1. The van der Waals surface area contributed by atoms with Crippen molar-refractivity contribution in [1.82, 2.24) is 24.9 Å². The number of piperazine rings is 2. The van der Waals surface area contributed by atoms with Gasteiger partial charge in [-0.05, 0) is 37.2 Å². The zero-order chi connectivity index (χ0) is 22.5. The molecule has 3 aliphatic heterocycles. The largest absolute Gasteiger partial charge is 0.352 e. The number of likely N-dealkylation sites (N-methyl/N-ethyl adjacent to an activating group) is 1. The minimum atomic E-state index is -0.318. The van der Waals surface area contributed by atoms with Crippen molar-refractivity contribution < 1.29 is 14.4 Å². The number of carbonyl (C=O) groups excluding carboxylic acids is 3. The summed E-state index contributed by atoms with van der Waals surface area (Å²) < 4.78 is 0. The summed E-state index contributed by atoms with van der Waals surface area (Å²) in [7, 11) is 0. The van der Waals surface area contributed by atoms with Gasteiger partial charge in [-0.15, -0.1) is 11.8 Å². The second-order valence-electron chi connectivity index (χ2n) is 8.66. The molecule has 1 atom stereocenters. The third kappa shape index (κ3) is 5.44. The van der Waals surface area contributed by atoms with Crippen LogP contribution in [0.1, 0.15) is 29.3 Å². The highest BCUT2D eigenvalue weighted by molar-refractivity contribution is 7.99. The number of rotatable bonds is 8. The summed E-state index contributed by atoms with van der Waals surface area (Å²) in [5.41, 5.74) is 1.54. The molecule has 32 heavy (non-hydrogen) atoms. The van der Waals surface area contributed by atoms with Crippen LogP contribution in [-0.2, 0) is 16.1 Å². The van der Waals surface area contributed by atoms with Crippen LogP contribution in [0.2, 0.25) is 0 Å². The maximum Gasteiger partial charge on any atom is 0.251 e. The number of hydrogen-bond acceptors (Lipinski definition) is 6. The Morgan fingerprint density at radius 3 is 2.53 bits per heavy atom. The molecule has 174 valence electrons. The third-order valence-corrected chi connectivity index (χ3v) is 7.58. The quantitative estimate of drug-likeness (QED) is 0.577. The molecule has 3 aliphatic rings. The van der Waals surface area contributed by atoms with Crippen LogP contribution in [0.5, 0.6) is 0 Å². The lowest BCUT2D eigenvalue weighted by Crippen LogP contribution is -2.57. The van der Waals surface area contributed by atoms with Crippen molar-refractivity contribution in [3.8, 4) is 0 Å². The van der Waals surface area contributed by atoms with Crippen molar-refractivity contribution in [1.29, 1.82) is 0 Å². The Kier molecular flexibility index (Phi) is 7.70. The molecule has 0 spiro atoms. The average molecular weight is 460 g/mol. The maximum atomic E-state index is 12.7. The molecule has 8 nitrogen and oxygen atoms in total. The highest BCUT2D eigenvalue weighted by atomic mass is 32.2. The smallest absolute Gasteiger partial charge is 0.251 e. The molecule has 0 aromatic heterocycles. The molecule has 0 radical (unpaired) electrons. The molecule has 0 unspecified atom stereocenters. The Bertz CT molecular complexity index is 825. The molecule has 3 fully saturated rings. The van der Waals surface area contributed by atoms with Crippen molar-refractivity contribution in [3.63, 3.8) is 0 Å². The molecule has 4 rings (SSSR count). The zero-order valence-corrected chi connectivity index (χ0v) is 19.6. The van der Waals surface area contributed by atoms with Gasteiger partial charge in [0.2, 0.25) is 11.8 Å². The maximum absolute atomic E-state index is 12.7. The molecule has 1 N–H and O–H groups in total. The molecule has 3 saturated heterocycles. The first-order valence-electron chi connectivity index (χ1n) is 11.5. The van der Waals surface area contributed by atoms with E-state index in [-0.39, 0.29) is 30.3 Å². The van der Waals surface area contributed by atoms with E-state index in [4.69, 9.17) is 0 Å². The van der Waals surface area contributed by atoms with Crippen LogP contribution in [0.4, 0.5) is 0 Å². The second kappa shape index (κ2) is 10.7. The Labute approximate surface area is 194 Å². The first-order valence-corrected chi connectivity index (χ1v) is 12.7. The van der Waals surface area contributed by atoms with Crippen LogP contribution >= 0.6 is 11.8 Å². The van der Waals surface area contributed by atoms with E-state index in [9.17, 15) is 14.4 Å². The van der Waals surface area contributed by atoms with Gasteiger partial charge in [0.25, 0.3) is 5.91 Å². The topological polar surface area (TPSA) is 76.2 Å². The number of amides is 3. The highest BCUT2D eigenvalue weighted by Crippen LogP contribution is 2.26. The minimum absolute atomic E-state index is 0.0165. The van der Waals surface area contributed by atoms with Crippen molar-refractivity contribution in [3.05, 3.63) is 35.4 Å².